The second kappa shape index (κ2) is 35.5. The predicted molar refractivity (Wildman–Crippen MR) is 349 cm³/mol. The Labute approximate surface area is 551 Å². The van der Waals surface area contributed by atoms with Gasteiger partial charge in [0.25, 0.3) is 0 Å². The minimum Gasteiger partial charge on any atom is -0.484 e. The van der Waals surface area contributed by atoms with Crippen molar-refractivity contribution in [2.45, 2.75) is 97.5 Å². The Balaban J connectivity index is 0.594. The number of halogens is 2. The number of ether oxygens (including phenoxy) is 6. The minimum atomic E-state index is -3.84. The minimum absolute atomic E-state index is 0.0188. The van der Waals surface area contributed by atoms with E-state index in [2.05, 4.69) is 90.6 Å². The Morgan fingerprint density at radius 1 is 0.533 bits per heavy atom. The molecule has 0 radical (unpaired) electrons. The van der Waals surface area contributed by atoms with Gasteiger partial charge < -0.3 is 59.5 Å². The first-order valence-electron chi connectivity index (χ1n) is 31.5. The summed E-state index contributed by atoms with van der Waals surface area (Å²) in [6.07, 6.45) is 6.10. The number of benzene rings is 4. The van der Waals surface area contributed by atoms with Crippen molar-refractivity contribution < 1.29 is 54.8 Å². The number of nitrogens with zero attached hydrogens (tertiary/aromatic N) is 6. The zero-order valence-electron chi connectivity index (χ0n) is 52.9. The summed E-state index contributed by atoms with van der Waals surface area (Å²) in [7, 11) is 0.701. The van der Waals surface area contributed by atoms with Crippen LogP contribution in [-0.4, -0.2) is 219 Å². The van der Waals surface area contributed by atoms with E-state index < -0.39 is 32.3 Å². The molecular formula is C64H88Cl2N12O12S2. The number of piperidine rings is 2. The fraction of sp³-hybridized carbons (Fsp3) is 0.562. The lowest BCUT2D eigenvalue weighted by molar-refractivity contribution is 0.0380. The van der Waals surface area contributed by atoms with E-state index in [1.165, 1.54) is 24.3 Å². The fourth-order valence-corrected chi connectivity index (χ4v) is 14.6. The number of carbonyl (C=O) groups is 2. The van der Waals surface area contributed by atoms with Crippen molar-refractivity contribution in [2.24, 2.45) is 0 Å². The molecule has 2 aliphatic heterocycles. The van der Waals surface area contributed by atoms with Gasteiger partial charge in [0.15, 0.2) is 0 Å². The van der Waals surface area contributed by atoms with Gasteiger partial charge in [0.2, 0.25) is 20.0 Å². The topological polar surface area (TPSA) is 291 Å². The average Bonchev–Trinajstić information content (AvgIpc) is 1.62. The van der Waals surface area contributed by atoms with Gasteiger partial charge in [-0.05, 0) is 188 Å². The molecule has 2 heterocycles. The van der Waals surface area contributed by atoms with Gasteiger partial charge in [0.1, 0.15) is 23.7 Å². The van der Waals surface area contributed by atoms with Crippen LogP contribution in [0.3, 0.4) is 0 Å². The van der Waals surface area contributed by atoms with Crippen LogP contribution in [0.2, 0.25) is 10.0 Å². The number of fused-ring (bicyclic) bond motifs is 2. The number of likely N-dealkylation sites (N-methyl/N-ethyl adjacent to an activating group) is 2. The molecule has 0 saturated carbocycles. The van der Waals surface area contributed by atoms with Gasteiger partial charge in [0, 0.05) is 74.5 Å². The van der Waals surface area contributed by atoms with Crippen molar-refractivity contribution in [1.29, 1.82) is 10.5 Å². The molecular weight excluding hydrogens is 1260 g/mol. The number of carbonyl (C=O) groups excluding carboxylic acids is 2. The molecule has 2 saturated heterocycles. The number of urea groups is 2. The molecule has 28 heteroatoms. The van der Waals surface area contributed by atoms with Crippen molar-refractivity contribution in [1.82, 2.24) is 50.3 Å². The summed E-state index contributed by atoms with van der Waals surface area (Å²) < 4.78 is 93.0. The molecule has 6 atom stereocenters. The summed E-state index contributed by atoms with van der Waals surface area (Å²) in [5.41, 5.74) is 4.72. The molecule has 4 aromatic carbocycles. The Bertz CT molecular complexity index is 3160. The summed E-state index contributed by atoms with van der Waals surface area (Å²) in [5, 5.41) is 31.8. The van der Waals surface area contributed by atoms with Crippen LogP contribution in [0, 0.1) is 22.7 Å². The summed E-state index contributed by atoms with van der Waals surface area (Å²) in [6, 6.07) is 24.4. The summed E-state index contributed by atoms with van der Waals surface area (Å²) in [6.45, 7) is 6.73. The molecule has 6 N–H and O–H groups in total. The van der Waals surface area contributed by atoms with E-state index in [9.17, 15) is 36.9 Å². The molecule has 2 fully saturated rings. The quantitative estimate of drug-likeness (QED) is 0.0307. The second-order valence-electron chi connectivity index (χ2n) is 23.7. The molecule has 0 spiro atoms. The number of hydrogen-bond donors (Lipinski definition) is 6. The van der Waals surface area contributed by atoms with E-state index in [-0.39, 0.29) is 113 Å². The van der Waals surface area contributed by atoms with Crippen LogP contribution in [0.1, 0.15) is 84.1 Å². The van der Waals surface area contributed by atoms with E-state index in [1.807, 2.05) is 12.1 Å². The van der Waals surface area contributed by atoms with Crippen molar-refractivity contribution in [3.8, 4) is 23.6 Å². The van der Waals surface area contributed by atoms with Crippen LogP contribution in [0.4, 0.5) is 9.59 Å². The molecule has 0 bridgehead atoms. The predicted octanol–water partition coefficient (Wildman–Crippen LogP) is 5.58. The van der Waals surface area contributed by atoms with Crippen LogP contribution in [-0.2, 0) is 51.8 Å². The normalized spacial score (nSPS) is 20.1. The van der Waals surface area contributed by atoms with Crippen molar-refractivity contribution in [3.05, 3.63) is 116 Å². The van der Waals surface area contributed by atoms with Gasteiger partial charge in [-0.2, -0.15) is 10.5 Å². The van der Waals surface area contributed by atoms with Crippen LogP contribution >= 0.6 is 23.2 Å². The molecule has 8 rings (SSSR count). The molecule has 24 nitrogen and oxygen atoms in total. The molecule has 0 aromatic heterocycles. The van der Waals surface area contributed by atoms with E-state index >= 15 is 0 Å². The lowest BCUT2D eigenvalue weighted by Crippen LogP contribution is -2.51. The maximum atomic E-state index is 13.1. The second-order valence-corrected chi connectivity index (χ2v) is 28.1. The SMILES string of the molecule is CN(C)[C@@H]1CCCN([C@H]2Cc3c(C#N)cc(Cl)cc3[C@@H]2Oc2ccc(S(=O)(=O)NCCOCCOCCNC(=O)NCCCCNC(=O)NCCOCCOCCNS(=O)(=O)c3ccc(O[C@H]4c5cc(Cl)cc(C#N)c5C[C@@H]4N4CCC[C@@H](N(C)C)C4)cc3)cc2)C1. The Kier molecular flexibility index (Phi) is 27.8. The van der Waals surface area contributed by atoms with Gasteiger partial charge in [-0.15, -0.1) is 0 Å². The van der Waals surface area contributed by atoms with Crippen molar-refractivity contribution in [2.75, 3.05) is 146 Å². The van der Waals surface area contributed by atoms with E-state index in [4.69, 9.17) is 51.6 Å². The zero-order valence-corrected chi connectivity index (χ0v) is 56.1. The Morgan fingerprint density at radius 2 is 0.891 bits per heavy atom. The first kappa shape index (κ1) is 71.9. The number of hydrogen-bond acceptors (Lipinski definition) is 18. The van der Waals surface area contributed by atoms with Gasteiger partial charge in [-0.25, -0.2) is 35.9 Å². The van der Waals surface area contributed by atoms with Gasteiger partial charge >= 0.3 is 12.1 Å². The molecule has 4 aliphatic rings. The van der Waals surface area contributed by atoms with Gasteiger partial charge in [-0.1, -0.05) is 23.2 Å². The largest absolute Gasteiger partial charge is 0.484 e. The van der Waals surface area contributed by atoms with E-state index in [1.54, 1.807) is 36.4 Å². The highest BCUT2D eigenvalue weighted by atomic mass is 35.5. The third-order valence-electron chi connectivity index (χ3n) is 17.0. The number of sulfonamides is 2. The lowest BCUT2D eigenvalue weighted by atomic mass is 10.0. The standard InChI is InChI=1S/C64H88Cl2N12O12S2/c1-75(2)49-9-7-25-77(43-49)59-39-55-45(41-67)35-47(65)37-57(55)61(59)89-51-11-15-53(16-12-51)91(81,82)73-23-29-87-33-31-85-27-21-71-63(79)69-19-5-6-20-70-64(80)72-22-28-86-32-34-88-30-24-74-92(83,84)54-17-13-52(14-18-54)90-62-58-38-48(66)36-46(42-68)56(58)40-60(62)78-26-8-10-50(44-78)76(3)4/h11-18,35-38,49-50,59-62,73-74H,5-10,19-34,39-40,43-44H2,1-4H3,(H2,69,71,79)(H2,70,72,80)/t49-,50-,59+,60+,61+,62+/m1/s1. The zero-order chi connectivity index (χ0) is 65.6. The highest BCUT2D eigenvalue weighted by Gasteiger charge is 2.43. The maximum Gasteiger partial charge on any atom is 0.314 e. The van der Waals surface area contributed by atoms with E-state index in [0.29, 0.717) is 83.5 Å². The molecule has 0 unspecified atom stereocenters. The van der Waals surface area contributed by atoms with Crippen LogP contribution in [0.15, 0.2) is 82.6 Å². The number of amides is 4. The number of rotatable bonds is 35. The fourth-order valence-electron chi connectivity index (χ4n) is 12.1. The van der Waals surface area contributed by atoms with Crippen LogP contribution in [0.25, 0.3) is 0 Å². The lowest BCUT2D eigenvalue weighted by Gasteiger charge is -2.41. The van der Waals surface area contributed by atoms with Crippen LogP contribution < -0.4 is 40.2 Å². The van der Waals surface area contributed by atoms with Gasteiger partial charge in [-0.3, -0.25) is 9.80 Å². The highest BCUT2D eigenvalue weighted by molar-refractivity contribution is 7.89. The average molecular weight is 1350 g/mol. The number of likely N-dealkylation sites (tertiary alicyclic amines) is 2. The smallest absolute Gasteiger partial charge is 0.314 e. The van der Waals surface area contributed by atoms with Gasteiger partial charge in [0.05, 0.1) is 98.0 Å². The summed E-state index contributed by atoms with van der Waals surface area (Å²) >= 11 is 13.0. The number of unbranched alkanes of at least 4 members (excludes halogenated alkanes) is 1. The van der Waals surface area contributed by atoms with Crippen molar-refractivity contribution in [3.63, 3.8) is 0 Å². The number of nitriles is 2. The van der Waals surface area contributed by atoms with Crippen LogP contribution in [0.5, 0.6) is 11.5 Å². The monoisotopic (exact) mass is 1350 g/mol. The molecule has 92 heavy (non-hydrogen) atoms. The molecule has 4 aromatic rings. The molecule has 4 amide bonds. The third-order valence-corrected chi connectivity index (χ3v) is 20.4. The maximum absolute atomic E-state index is 13.1. The molecule has 502 valence electrons. The van der Waals surface area contributed by atoms with Crippen molar-refractivity contribution >= 4 is 55.3 Å². The first-order valence-corrected chi connectivity index (χ1v) is 35.2. The number of nitrogens with one attached hydrogen (secondary N) is 6. The summed E-state index contributed by atoms with van der Waals surface area (Å²) in [5.74, 6) is 1.01. The van der Waals surface area contributed by atoms with E-state index in [0.717, 1.165) is 74.1 Å². The third kappa shape index (κ3) is 20.8. The Morgan fingerprint density at radius 3 is 1.25 bits per heavy atom. The highest BCUT2D eigenvalue weighted by Crippen LogP contribution is 2.44. The molecule has 2 aliphatic carbocycles. The first-order chi connectivity index (χ1) is 44.3. The Hall–Kier alpha value is -5.92. The summed E-state index contributed by atoms with van der Waals surface area (Å²) in [4.78, 5) is 33.9.